The number of ether oxygens (including phenoxy) is 1. The lowest BCUT2D eigenvalue weighted by molar-refractivity contribution is -0.150. The number of hydrogen-bond acceptors (Lipinski definition) is 2. The molecule has 0 aromatic rings. The van der Waals surface area contributed by atoms with Gasteiger partial charge in [0.1, 0.15) is 0 Å². The molecule has 0 aliphatic rings. The Hall–Kier alpha value is -0.530. The Morgan fingerprint density at radius 3 is 2.25 bits per heavy atom. The molecule has 0 bridgehead atoms. The third-order valence-electron chi connectivity index (χ3n) is 2.57. The van der Waals surface area contributed by atoms with Crippen molar-refractivity contribution in [3.05, 3.63) is 0 Å². The van der Waals surface area contributed by atoms with Crippen LogP contribution in [0.15, 0.2) is 0 Å². The molecule has 1 unspecified atom stereocenters. The van der Waals surface area contributed by atoms with Crippen molar-refractivity contribution in [2.45, 2.75) is 66.7 Å². The fraction of sp³-hybridized carbons (Fsp3) is 0.929. The summed E-state index contributed by atoms with van der Waals surface area (Å²) in [5.41, 5.74) is 0.198. The average molecular weight is 228 g/mol. The molecule has 0 aliphatic heterocycles. The lowest BCUT2D eigenvalue weighted by Gasteiger charge is -2.24. The molecule has 16 heavy (non-hydrogen) atoms. The van der Waals surface area contributed by atoms with E-state index in [0.717, 1.165) is 32.1 Å². The zero-order valence-corrected chi connectivity index (χ0v) is 11.6. The summed E-state index contributed by atoms with van der Waals surface area (Å²) >= 11 is 0. The van der Waals surface area contributed by atoms with Crippen molar-refractivity contribution in [3.8, 4) is 0 Å². The number of carbonyl (C=O) groups excluding carboxylic acids is 1. The predicted molar refractivity (Wildman–Crippen MR) is 68.3 cm³/mol. The topological polar surface area (TPSA) is 26.3 Å². The van der Waals surface area contributed by atoms with E-state index < -0.39 is 0 Å². The minimum Gasteiger partial charge on any atom is -0.465 e. The Kier molecular flexibility index (Phi) is 7.44. The fourth-order valence-corrected chi connectivity index (χ4v) is 1.83. The highest BCUT2D eigenvalue weighted by molar-refractivity contribution is 5.72. The highest BCUT2D eigenvalue weighted by atomic mass is 16.5. The number of unbranched alkanes of at least 4 members (excludes halogenated alkanes) is 1. The van der Waals surface area contributed by atoms with Gasteiger partial charge >= 0.3 is 5.97 Å². The van der Waals surface area contributed by atoms with Crippen LogP contribution >= 0.6 is 0 Å². The first kappa shape index (κ1) is 15.5. The summed E-state index contributed by atoms with van der Waals surface area (Å²) in [4.78, 5) is 11.9. The van der Waals surface area contributed by atoms with Crippen LogP contribution in [0.3, 0.4) is 0 Å². The Morgan fingerprint density at radius 1 is 1.19 bits per heavy atom. The van der Waals surface area contributed by atoms with Gasteiger partial charge in [0.05, 0.1) is 12.5 Å². The maximum atomic E-state index is 11.9. The molecule has 0 aliphatic carbocycles. The summed E-state index contributed by atoms with van der Waals surface area (Å²) in [6.07, 6.45) is 4.96. The smallest absolute Gasteiger partial charge is 0.308 e. The summed E-state index contributed by atoms with van der Waals surface area (Å²) in [6.45, 7) is 11.3. The summed E-state index contributed by atoms with van der Waals surface area (Å²) < 4.78 is 5.30. The van der Waals surface area contributed by atoms with Gasteiger partial charge in [-0.1, -0.05) is 47.5 Å². The Labute approximate surface area is 101 Å². The minimum atomic E-state index is 0.00484. The molecule has 0 heterocycles. The zero-order chi connectivity index (χ0) is 12.6. The molecule has 0 radical (unpaired) electrons. The van der Waals surface area contributed by atoms with Gasteiger partial charge in [-0.25, -0.2) is 0 Å². The lowest BCUT2D eigenvalue weighted by Crippen LogP contribution is -2.23. The van der Waals surface area contributed by atoms with Crippen LogP contribution in [0.4, 0.5) is 0 Å². The van der Waals surface area contributed by atoms with Gasteiger partial charge in [0.25, 0.3) is 0 Å². The van der Waals surface area contributed by atoms with E-state index in [0.29, 0.717) is 6.61 Å². The summed E-state index contributed by atoms with van der Waals surface area (Å²) in [7, 11) is 0. The van der Waals surface area contributed by atoms with Crippen molar-refractivity contribution >= 4 is 5.97 Å². The molecule has 0 fully saturated rings. The van der Waals surface area contributed by atoms with Gasteiger partial charge in [-0.05, 0) is 24.7 Å². The molecule has 0 amide bonds. The maximum absolute atomic E-state index is 11.9. The second-order valence-corrected chi connectivity index (χ2v) is 5.77. The zero-order valence-electron chi connectivity index (χ0n) is 11.6. The molecule has 0 spiro atoms. The first-order valence-electron chi connectivity index (χ1n) is 6.57. The van der Waals surface area contributed by atoms with E-state index in [1.807, 2.05) is 0 Å². The largest absolute Gasteiger partial charge is 0.465 e. The molecule has 1 atom stereocenters. The molecule has 0 saturated carbocycles. The van der Waals surface area contributed by atoms with Crippen molar-refractivity contribution in [1.82, 2.24) is 0 Å². The van der Waals surface area contributed by atoms with Crippen LogP contribution in [0, 0.1) is 11.3 Å². The van der Waals surface area contributed by atoms with E-state index in [1.165, 1.54) is 0 Å². The van der Waals surface area contributed by atoms with E-state index in [2.05, 4.69) is 34.6 Å². The van der Waals surface area contributed by atoms with Crippen molar-refractivity contribution in [2.75, 3.05) is 6.61 Å². The molecule has 0 rings (SSSR count). The van der Waals surface area contributed by atoms with Gasteiger partial charge < -0.3 is 4.74 Å². The SMILES string of the molecule is CCCCOC(=O)C(CCC)CC(C)(C)C. The lowest BCUT2D eigenvalue weighted by atomic mass is 9.83. The highest BCUT2D eigenvalue weighted by Crippen LogP contribution is 2.28. The molecular weight excluding hydrogens is 200 g/mol. The third-order valence-corrected chi connectivity index (χ3v) is 2.57. The van der Waals surface area contributed by atoms with Crippen LogP contribution in [0.2, 0.25) is 0 Å². The van der Waals surface area contributed by atoms with Gasteiger partial charge in [-0.3, -0.25) is 4.79 Å². The summed E-state index contributed by atoms with van der Waals surface area (Å²) in [6, 6.07) is 0. The van der Waals surface area contributed by atoms with Gasteiger partial charge in [-0.2, -0.15) is 0 Å². The summed E-state index contributed by atoms with van der Waals surface area (Å²) in [5.74, 6) is 0.0899. The standard InChI is InChI=1S/C14H28O2/c1-6-8-10-16-13(15)12(9-7-2)11-14(3,4)5/h12H,6-11H2,1-5H3. The fourth-order valence-electron chi connectivity index (χ4n) is 1.83. The quantitative estimate of drug-likeness (QED) is 0.482. The highest BCUT2D eigenvalue weighted by Gasteiger charge is 2.25. The molecule has 0 aromatic heterocycles. The van der Waals surface area contributed by atoms with Crippen LogP contribution in [0.1, 0.15) is 66.7 Å². The van der Waals surface area contributed by atoms with Gasteiger partial charge in [-0.15, -0.1) is 0 Å². The Bertz CT molecular complexity index is 191. The molecule has 0 N–H and O–H groups in total. The number of carbonyl (C=O) groups is 1. The monoisotopic (exact) mass is 228 g/mol. The molecule has 2 heteroatoms. The Morgan fingerprint density at radius 2 is 1.81 bits per heavy atom. The molecule has 2 nitrogen and oxygen atoms in total. The number of rotatable bonds is 7. The normalized spacial score (nSPS) is 13.6. The second kappa shape index (κ2) is 7.70. The van der Waals surface area contributed by atoms with E-state index >= 15 is 0 Å². The van der Waals surface area contributed by atoms with Crippen LogP contribution in [-0.4, -0.2) is 12.6 Å². The van der Waals surface area contributed by atoms with Gasteiger partial charge in [0, 0.05) is 0 Å². The van der Waals surface area contributed by atoms with Crippen molar-refractivity contribution in [1.29, 1.82) is 0 Å². The van der Waals surface area contributed by atoms with E-state index in [4.69, 9.17) is 4.74 Å². The molecule has 96 valence electrons. The van der Waals surface area contributed by atoms with Crippen LogP contribution in [0.25, 0.3) is 0 Å². The minimum absolute atomic E-state index is 0.00484. The van der Waals surface area contributed by atoms with Crippen LogP contribution < -0.4 is 0 Å². The van der Waals surface area contributed by atoms with Crippen molar-refractivity contribution in [3.63, 3.8) is 0 Å². The third kappa shape index (κ3) is 7.72. The number of hydrogen-bond donors (Lipinski definition) is 0. The van der Waals surface area contributed by atoms with Gasteiger partial charge in [0.15, 0.2) is 0 Å². The Balaban J connectivity index is 4.13. The first-order valence-corrected chi connectivity index (χ1v) is 6.57. The summed E-state index contributed by atoms with van der Waals surface area (Å²) in [5, 5.41) is 0. The first-order chi connectivity index (χ1) is 7.40. The van der Waals surface area contributed by atoms with Crippen LogP contribution in [-0.2, 0) is 9.53 Å². The average Bonchev–Trinajstić information content (AvgIpc) is 2.15. The maximum Gasteiger partial charge on any atom is 0.308 e. The van der Waals surface area contributed by atoms with E-state index in [1.54, 1.807) is 0 Å². The molecular formula is C14H28O2. The second-order valence-electron chi connectivity index (χ2n) is 5.77. The molecule has 0 saturated heterocycles. The van der Waals surface area contributed by atoms with E-state index in [9.17, 15) is 4.79 Å². The van der Waals surface area contributed by atoms with E-state index in [-0.39, 0.29) is 17.3 Å². The van der Waals surface area contributed by atoms with Gasteiger partial charge in [0.2, 0.25) is 0 Å². The predicted octanol–water partition coefficient (Wildman–Crippen LogP) is 4.18. The van der Waals surface area contributed by atoms with Crippen molar-refractivity contribution < 1.29 is 9.53 Å². The molecule has 0 aromatic carbocycles. The van der Waals surface area contributed by atoms with Crippen LogP contribution in [0.5, 0.6) is 0 Å². The van der Waals surface area contributed by atoms with Crippen molar-refractivity contribution in [2.24, 2.45) is 11.3 Å². The number of esters is 1.